The molecule has 0 aliphatic carbocycles. The number of carbonyl (C=O) groups excluding carboxylic acids is 1. The first kappa shape index (κ1) is 13.5. The van der Waals surface area contributed by atoms with Gasteiger partial charge in [0.25, 0.3) is 0 Å². The SMILES string of the molecule is COC(=O)c1ccc(C)c(-c2[nH]c(C#N)nc2I)c1. The summed E-state index contributed by atoms with van der Waals surface area (Å²) in [6, 6.07) is 7.24. The van der Waals surface area contributed by atoms with E-state index in [1.807, 2.05) is 19.1 Å². The van der Waals surface area contributed by atoms with Crippen LogP contribution in [0.5, 0.6) is 0 Å². The molecule has 0 aliphatic heterocycles. The van der Waals surface area contributed by atoms with Gasteiger partial charge in [0, 0.05) is 5.56 Å². The van der Waals surface area contributed by atoms with Crippen molar-refractivity contribution < 1.29 is 9.53 Å². The van der Waals surface area contributed by atoms with Gasteiger partial charge in [0.2, 0.25) is 5.82 Å². The van der Waals surface area contributed by atoms with Crippen molar-refractivity contribution in [3.05, 3.63) is 38.9 Å². The number of aromatic nitrogens is 2. The monoisotopic (exact) mass is 367 g/mol. The minimum absolute atomic E-state index is 0.252. The summed E-state index contributed by atoms with van der Waals surface area (Å²) in [5.41, 5.74) is 3.02. The van der Waals surface area contributed by atoms with Crippen LogP contribution in [0.1, 0.15) is 21.7 Å². The molecule has 0 amide bonds. The second-order valence-electron chi connectivity index (χ2n) is 3.88. The maximum atomic E-state index is 11.6. The molecule has 1 N–H and O–H groups in total. The Bertz CT molecular complexity index is 686. The van der Waals surface area contributed by atoms with Crippen LogP contribution in [0.25, 0.3) is 11.3 Å². The van der Waals surface area contributed by atoms with Crippen LogP contribution in [-0.2, 0) is 4.74 Å². The van der Waals surface area contributed by atoms with Crippen molar-refractivity contribution in [2.45, 2.75) is 6.92 Å². The average molecular weight is 367 g/mol. The number of nitrogens with zero attached hydrogens (tertiary/aromatic N) is 2. The van der Waals surface area contributed by atoms with Crippen LogP contribution in [0.3, 0.4) is 0 Å². The summed E-state index contributed by atoms with van der Waals surface area (Å²) in [7, 11) is 1.34. The lowest BCUT2D eigenvalue weighted by molar-refractivity contribution is 0.0601. The molecule has 6 heteroatoms. The van der Waals surface area contributed by atoms with E-state index in [4.69, 9.17) is 10.00 Å². The summed E-state index contributed by atoms with van der Waals surface area (Å²) < 4.78 is 5.40. The molecule has 0 aliphatic rings. The first-order valence-corrected chi connectivity index (χ1v) is 6.49. The molecule has 96 valence electrons. The maximum absolute atomic E-state index is 11.6. The number of hydrogen-bond donors (Lipinski definition) is 1. The topological polar surface area (TPSA) is 78.8 Å². The van der Waals surface area contributed by atoms with Crippen LogP contribution in [-0.4, -0.2) is 23.0 Å². The summed E-state index contributed by atoms with van der Waals surface area (Å²) >= 11 is 2.05. The van der Waals surface area contributed by atoms with Gasteiger partial charge in [0.05, 0.1) is 18.4 Å². The Morgan fingerprint density at radius 2 is 2.26 bits per heavy atom. The zero-order valence-corrected chi connectivity index (χ0v) is 12.5. The standard InChI is InChI=1S/C13H10IN3O2/c1-7-3-4-8(13(18)19-2)5-9(7)11-12(14)17-10(6-15)16-11/h3-5H,1-2H3,(H,16,17). The molecule has 0 radical (unpaired) electrons. The van der Waals surface area contributed by atoms with E-state index in [-0.39, 0.29) is 5.82 Å². The molecule has 1 heterocycles. The highest BCUT2D eigenvalue weighted by atomic mass is 127. The highest BCUT2D eigenvalue weighted by Gasteiger charge is 2.14. The zero-order chi connectivity index (χ0) is 14.0. The summed E-state index contributed by atoms with van der Waals surface area (Å²) in [6.45, 7) is 1.93. The summed E-state index contributed by atoms with van der Waals surface area (Å²) in [5.74, 6) is -0.140. The Morgan fingerprint density at radius 1 is 1.53 bits per heavy atom. The number of H-pyrrole nitrogens is 1. The third-order valence-corrected chi connectivity index (χ3v) is 3.47. The molecule has 2 rings (SSSR count). The predicted molar refractivity (Wildman–Crippen MR) is 77.5 cm³/mol. The molecule has 0 spiro atoms. The number of halogens is 1. The van der Waals surface area contributed by atoms with Gasteiger partial charge in [-0.1, -0.05) is 6.07 Å². The van der Waals surface area contributed by atoms with Gasteiger partial charge in [-0.25, -0.2) is 9.78 Å². The van der Waals surface area contributed by atoms with Crippen molar-refractivity contribution in [1.82, 2.24) is 9.97 Å². The Kier molecular flexibility index (Phi) is 3.85. The van der Waals surface area contributed by atoms with Crippen LogP contribution in [0.15, 0.2) is 18.2 Å². The first-order chi connectivity index (χ1) is 9.06. The minimum Gasteiger partial charge on any atom is -0.465 e. The van der Waals surface area contributed by atoms with Gasteiger partial charge >= 0.3 is 5.97 Å². The van der Waals surface area contributed by atoms with E-state index >= 15 is 0 Å². The van der Waals surface area contributed by atoms with Crippen LogP contribution in [0, 0.1) is 22.0 Å². The highest BCUT2D eigenvalue weighted by Crippen LogP contribution is 2.27. The molecule has 0 atom stereocenters. The third kappa shape index (κ3) is 2.61. The number of rotatable bonds is 2. The normalized spacial score (nSPS) is 10.0. The molecule has 0 saturated carbocycles. The summed E-state index contributed by atoms with van der Waals surface area (Å²) in [5, 5.41) is 8.85. The van der Waals surface area contributed by atoms with E-state index in [0.717, 1.165) is 16.8 Å². The largest absolute Gasteiger partial charge is 0.465 e. The molecule has 2 aromatic rings. The van der Waals surface area contributed by atoms with Crippen molar-refractivity contribution in [3.8, 4) is 17.3 Å². The number of hydrogen-bond acceptors (Lipinski definition) is 4. The number of nitrogens with one attached hydrogen (secondary N) is 1. The number of aryl methyl sites for hydroxylation is 1. The van der Waals surface area contributed by atoms with Gasteiger partial charge in [0.1, 0.15) is 9.77 Å². The van der Waals surface area contributed by atoms with Gasteiger partial charge in [-0.15, -0.1) is 0 Å². The smallest absolute Gasteiger partial charge is 0.337 e. The molecular formula is C13H10IN3O2. The molecule has 1 aromatic carbocycles. The van der Waals surface area contributed by atoms with E-state index in [2.05, 4.69) is 32.6 Å². The fraction of sp³-hybridized carbons (Fsp3) is 0.154. The predicted octanol–water partition coefficient (Wildman–Crippen LogP) is 2.65. The van der Waals surface area contributed by atoms with Crippen LogP contribution >= 0.6 is 22.6 Å². The Hall–Kier alpha value is -1.88. The van der Waals surface area contributed by atoms with Gasteiger partial charge in [0.15, 0.2) is 0 Å². The lowest BCUT2D eigenvalue weighted by Crippen LogP contribution is -2.02. The second-order valence-corrected chi connectivity index (χ2v) is 4.91. The zero-order valence-electron chi connectivity index (χ0n) is 10.3. The fourth-order valence-electron chi connectivity index (χ4n) is 1.72. The summed E-state index contributed by atoms with van der Waals surface area (Å²) in [6.07, 6.45) is 0. The van der Waals surface area contributed by atoms with Crippen LogP contribution in [0.2, 0.25) is 0 Å². The van der Waals surface area contributed by atoms with E-state index < -0.39 is 5.97 Å². The lowest BCUT2D eigenvalue weighted by atomic mass is 10.0. The Labute approximate surface area is 123 Å². The van der Waals surface area contributed by atoms with Crippen molar-refractivity contribution >= 4 is 28.6 Å². The molecule has 1 aromatic heterocycles. The van der Waals surface area contributed by atoms with E-state index in [1.165, 1.54) is 7.11 Å². The number of imidazole rings is 1. The number of aromatic amines is 1. The third-order valence-electron chi connectivity index (χ3n) is 2.69. The number of methoxy groups -OCH3 is 1. The van der Waals surface area contributed by atoms with Gasteiger partial charge in [-0.2, -0.15) is 5.26 Å². The first-order valence-electron chi connectivity index (χ1n) is 5.41. The van der Waals surface area contributed by atoms with Crippen molar-refractivity contribution in [1.29, 1.82) is 5.26 Å². The summed E-state index contributed by atoms with van der Waals surface area (Å²) in [4.78, 5) is 18.6. The molecule has 0 bridgehead atoms. The quantitative estimate of drug-likeness (QED) is 0.654. The van der Waals surface area contributed by atoms with Crippen molar-refractivity contribution in [2.75, 3.05) is 7.11 Å². The molecule has 5 nitrogen and oxygen atoms in total. The van der Waals surface area contributed by atoms with E-state index in [9.17, 15) is 4.79 Å². The molecule has 0 unspecified atom stereocenters. The van der Waals surface area contributed by atoms with Gasteiger partial charge < -0.3 is 9.72 Å². The Morgan fingerprint density at radius 3 is 2.84 bits per heavy atom. The fourth-order valence-corrected chi connectivity index (χ4v) is 2.39. The van der Waals surface area contributed by atoms with E-state index in [1.54, 1.807) is 12.1 Å². The average Bonchev–Trinajstić information content (AvgIpc) is 2.79. The van der Waals surface area contributed by atoms with Crippen LogP contribution in [0.4, 0.5) is 0 Å². The number of nitriles is 1. The van der Waals surface area contributed by atoms with Gasteiger partial charge in [-0.3, -0.25) is 0 Å². The van der Waals surface area contributed by atoms with Gasteiger partial charge in [-0.05, 0) is 47.2 Å². The van der Waals surface area contributed by atoms with Crippen LogP contribution < -0.4 is 0 Å². The second kappa shape index (κ2) is 5.40. The Balaban J connectivity index is 2.58. The number of ether oxygens (including phenoxy) is 1. The molecule has 0 saturated heterocycles. The number of benzene rings is 1. The lowest BCUT2D eigenvalue weighted by Gasteiger charge is -2.06. The molecule has 19 heavy (non-hydrogen) atoms. The molecular weight excluding hydrogens is 357 g/mol. The van der Waals surface area contributed by atoms with Crippen molar-refractivity contribution in [2.24, 2.45) is 0 Å². The maximum Gasteiger partial charge on any atom is 0.337 e. The van der Waals surface area contributed by atoms with Crippen molar-refractivity contribution in [3.63, 3.8) is 0 Å². The minimum atomic E-state index is -0.392. The highest BCUT2D eigenvalue weighted by molar-refractivity contribution is 14.1. The number of esters is 1. The number of carbonyl (C=O) groups is 1. The molecule has 0 fully saturated rings. The van der Waals surface area contributed by atoms with E-state index in [0.29, 0.717) is 9.26 Å².